The summed E-state index contributed by atoms with van der Waals surface area (Å²) in [4.78, 5) is 4.73. The summed E-state index contributed by atoms with van der Waals surface area (Å²) in [6.07, 6.45) is 1.41. The van der Waals surface area contributed by atoms with Gasteiger partial charge < -0.3 is 9.47 Å². The second kappa shape index (κ2) is 8.60. The minimum atomic E-state index is -3.69. The largest absolute Gasteiger partial charge is 0.493 e. The highest BCUT2D eigenvalue weighted by atomic mass is 32.2. The van der Waals surface area contributed by atoms with Crippen molar-refractivity contribution in [2.75, 3.05) is 14.2 Å². The molecule has 32 heavy (non-hydrogen) atoms. The SMILES string of the molecule is COc1ccc(-c2ccc3nc(C)c(CCc4ccc(S(N)(=O)=O)cc4)n3n2)cc1OC. The number of sulfonamides is 1. The first kappa shape index (κ1) is 21.8. The van der Waals surface area contributed by atoms with E-state index in [0.29, 0.717) is 24.3 Å². The van der Waals surface area contributed by atoms with Crippen LogP contribution >= 0.6 is 0 Å². The van der Waals surface area contributed by atoms with E-state index in [-0.39, 0.29) is 4.90 Å². The van der Waals surface area contributed by atoms with E-state index < -0.39 is 10.0 Å². The number of rotatable bonds is 7. The van der Waals surface area contributed by atoms with Crippen LogP contribution in [0.5, 0.6) is 11.5 Å². The van der Waals surface area contributed by atoms with Crippen LogP contribution in [0.1, 0.15) is 17.0 Å². The third-order valence-corrected chi connectivity index (χ3v) is 6.28. The summed E-state index contributed by atoms with van der Waals surface area (Å²) >= 11 is 0. The van der Waals surface area contributed by atoms with Crippen molar-refractivity contribution in [2.45, 2.75) is 24.7 Å². The van der Waals surface area contributed by atoms with Gasteiger partial charge in [0, 0.05) is 5.56 Å². The number of aromatic nitrogens is 3. The molecule has 0 fully saturated rings. The topological polar surface area (TPSA) is 109 Å². The molecule has 0 unspecified atom stereocenters. The van der Waals surface area contributed by atoms with Crippen molar-refractivity contribution >= 4 is 15.7 Å². The normalized spacial score (nSPS) is 11.6. The Morgan fingerprint density at radius 2 is 1.66 bits per heavy atom. The minimum Gasteiger partial charge on any atom is -0.493 e. The van der Waals surface area contributed by atoms with Gasteiger partial charge in [0.2, 0.25) is 10.0 Å². The monoisotopic (exact) mass is 452 g/mol. The predicted octanol–water partition coefficient (Wildman–Crippen LogP) is 3.15. The van der Waals surface area contributed by atoms with Crippen LogP contribution in [0, 0.1) is 6.92 Å². The Hall–Kier alpha value is -3.43. The summed E-state index contributed by atoms with van der Waals surface area (Å²) in [5.41, 5.74) is 5.37. The molecule has 8 nitrogen and oxygen atoms in total. The van der Waals surface area contributed by atoms with Gasteiger partial charge in [-0.1, -0.05) is 12.1 Å². The minimum absolute atomic E-state index is 0.105. The lowest BCUT2D eigenvalue weighted by Crippen LogP contribution is -2.12. The van der Waals surface area contributed by atoms with E-state index >= 15 is 0 Å². The highest BCUT2D eigenvalue weighted by molar-refractivity contribution is 7.89. The van der Waals surface area contributed by atoms with Gasteiger partial charge in [-0.05, 0) is 67.8 Å². The van der Waals surface area contributed by atoms with E-state index in [1.165, 1.54) is 12.1 Å². The Labute approximate surface area is 186 Å². The molecule has 0 aliphatic carbocycles. The van der Waals surface area contributed by atoms with Gasteiger partial charge in [0.1, 0.15) is 0 Å². The lowest BCUT2D eigenvalue weighted by molar-refractivity contribution is 0.355. The van der Waals surface area contributed by atoms with Gasteiger partial charge in [-0.25, -0.2) is 23.1 Å². The van der Waals surface area contributed by atoms with Crippen LogP contribution in [-0.4, -0.2) is 37.2 Å². The van der Waals surface area contributed by atoms with Gasteiger partial charge in [0.05, 0.1) is 36.2 Å². The average molecular weight is 453 g/mol. The van der Waals surface area contributed by atoms with Gasteiger partial charge in [-0.3, -0.25) is 0 Å². The lowest BCUT2D eigenvalue weighted by atomic mass is 10.1. The van der Waals surface area contributed by atoms with E-state index in [1.54, 1.807) is 26.4 Å². The summed E-state index contributed by atoms with van der Waals surface area (Å²) in [5.74, 6) is 1.29. The fourth-order valence-electron chi connectivity index (χ4n) is 3.63. The van der Waals surface area contributed by atoms with Crippen LogP contribution in [0.3, 0.4) is 0 Å². The first-order valence-electron chi connectivity index (χ1n) is 9.99. The summed E-state index contributed by atoms with van der Waals surface area (Å²) in [5, 5.41) is 9.99. The molecule has 0 radical (unpaired) electrons. The molecule has 2 aromatic carbocycles. The number of hydrogen-bond donors (Lipinski definition) is 1. The Kier molecular flexibility index (Phi) is 5.86. The number of benzene rings is 2. The van der Waals surface area contributed by atoms with Gasteiger partial charge >= 0.3 is 0 Å². The van der Waals surface area contributed by atoms with Crippen LogP contribution in [0.4, 0.5) is 0 Å². The van der Waals surface area contributed by atoms with Gasteiger partial charge in [0.25, 0.3) is 0 Å². The van der Waals surface area contributed by atoms with Crippen molar-refractivity contribution < 1.29 is 17.9 Å². The summed E-state index contributed by atoms with van der Waals surface area (Å²) in [7, 11) is -0.491. The maximum absolute atomic E-state index is 11.4. The number of nitrogens with two attached hydrogens (primary N) is 1. The molecule has 0 bridgehead atoms. The van der Waals surface area contributed by atoms with Crippen molar-refractivity contribution in [3.63, 3.8) is 0 Å². The number of hydrogen-bond acceptors (Lipinski definition) is 6. The number of aryl methyl sites for hydroxylation is 3. The molecule has 2 heterocycles. The second-order valence-corrected chi connectivity index (χ2v) is 8.95. The smallest absolute Gasteiger partial charge is 0.238 e. The summed E-state index contributed by atoms with van der Waals surface area (Å²) in [6, 6.07) is 16.2. The van der Waals surface area contributed by atoms with Gasteiger partial charge in [-0.15, -0.1) is 0 Å². The van der Waals surface area contributed by atoms with E-state index in [0.717, 1.165) is 33.9 Å². The fourth-order valence-corrected chi connectivity index (χ4v) is 4.15. The van der Waals surface area contributed by atoms with E-state index in [9.17, 15) is 8.42 Å². The maximum atomic E-state index is 11.4. The Morgan fingerprint density at radius 1 is 0.938 bits per heavy atom. The second-order valence-electron chi connectivity index (χ2n) is 7.39. The molecular weight excluding hydrogens is 428 g/mol. The Balaban J connectivity index is 1.64. The van der Waals surface area contributed by atoms with E-state index in [4.69, 9.17) is 19.7 Å². The van der Waals surface area contributed by atoms with Crippen molar-refractivity contribution in [2.24, 2.45) is 5.14 Å². The molecule has 0 spiro atoms. The van der Waals surface area contributed by atoms with Crippen LogP contribution in [-0.2, 0) is 22.9 Å². The third kappa shape index (κ3) is 4.30. The molecule has 4 aromatic rings. The number of methoxy groups -OCH3 is 2. The van der Waals surface area contributed by atoms with Crippen molar-refractivity contribution in [3.05, 3.63) is 71.5 Å². The van der Waals surface area contributed by atoms with Crippen LogP contribution in [0.25, 0.3) is 16.9 Å². The van der Waals surface area contributed by atoms with Gasteiger partial charge in [0.15, 0.2) is 17.1 Å². The zero-order valence-electron chi connectivity index (χ0n) is 18.1. The fraction of sp³-hybridized carbons (Fsp3) is 0.217. The standard InChI is InChI=1S/C23H24N4O4S/c1-15-20(11-6-16-4-8-18(9-5-16)32(24,28)29)27-23(25-15)13-10-19(26-27)17-7-12-21(30-2)22(14-17)31-3/h4-5,7-10,12-14H,6,11H2,1-3H3,(H2,24,28,29). The molecule has 2 aromatic heterocycles. The molecule has 0 atom stereocenters. The van der Waals surface area contributed by atoms with Gasteiger partial charge in [-0.2, -0.15) is 5.10 Å². The Morgan fingerprint density at radius 3 is 2.31 bits per heavy atom. The molecule has 4 rings (SSSR count). The van der Waals surface area contributed by atoms with Crippen molar-refractivity contribution in [3.8, 4) is 22.8 Å². The molecule has 0 saturated carbocycles. The lowest BCUT2D eigenvalue weighted by Gasteiger charge is -2.10. The number of imidazole rings is 1. The molecule has 0 aliphatic heterocycles. The highest BCUT2D eigenvalue weighted by Crippen LogP contribution is 2.31. The Bertz CT molecular complexity index is 1380. The molecule has 0 amide bonds. The maximum Gasteiger partial charge on any atom is 0.238 e. The first-order chi connectivity index (χ1) is 15.3. The average Bonchev–Trinajstić information content (AvgIpc) is 3.10. The van der Waals surface area contributed by atoms with Crippen LogP contribution in [0.2, 0.25) is 0 Å². The van der Waals surface area contributed by atoms with Crippen molar-refractivity contribution in [1.29, 1.82) is 0 Å². The predicted molar refractivity (Wildman–Crippen MR) is 121 cm³/mol. The number of fused-ring (bicyclic) bond motifs is 1. The number of primary sulfonamides is 1. The zero-order chi connectivity index (χ0) is 22.9. The third-order valence-electron chi connectivity index (χ3n) is 5.35. The number of nitrogens with zero attached hydrogens (tertiary/aromatic N) is 3. The molecule has 166 valence electrons. The van der Waals surface area contributed by atoms with E-state index in [1.807, 2.05) is 41.8 Å². The molecule has 9 heteroatoms. The van der Waals surface area contributed by atoms with Crippen LogP contribution < -0.4 is 14.6 Å². The molecule has 2 N–H and O–H groups in total. The summed E-state index contributed by atoms with van der Waals surface area (Å²) < 4.78 is 35.5. The van der Waals surface area contributed by atoms with Crippen molar-refractivity contribution in [1.82, 2.24) is 14.6 Å². The van der Waals surface area contributed by atoms with Crippen LogP contribution in [0.15, 0.2) is 59.5 Å². The zero-order valence-corrected chi connectivity index (χ0v) is 18.9. The highest BCUT2D eigenvalue weighted by Gasteiger charge is 2.14. The van der Waals surface area contributed by atoms with E-state index in [2.05, 4.69) is 4.98 Å². The quantitative estimate of drug-likeness (QED) is 0.461. The number of ether oxygens (including phenoxy) is 2. The molecule has 0 saturated heterocycles. The molecule has 0 aliphatic rings. The first-order valence-corrected chi connectivity index (χ1v) is 11.5. The summed E-state index contributed by atoms with van der Waals surface area (Å²) in [6.45, 7) is 1.96. The molecular formula is C23H24N4O4S.